The Balaban J connectivity index is 3.29. The van der Waals surface area contributed by atoms with E-state index in [1.807, 2.05) is 20.1 Å². The summed E-state index contributed by atoms with van der Waals surface area (Å²) in [6.45, 7) is 4.61. The topological polar surface area (TPSA) is 46.2 Å². The van der Waals surface area contributed by atoms with Crippen LogP contribution in [0.2, 0.25) is 0 Å². The van der Waals surface area contributed by atoms with Crippen LogP contribution in [0.4, 0.5) is 0 Å². The van der Waals surface area contributed by atoms with Crippen LogP contribution >= 0.6 is 21.6 Å². The van der Waals surface area contributed by atoms with Gasteiger partial charge in [-0.05, 0) is 19.1 Å². The molecule has 0 fully saturated rings. The van der Waals surface area contributed by atoms with Crippen LogP contribution < -0.4 is 5.32 Å². The molecule has 0 aromatic rings. The van der Waals surface area contributed by atoms with Crippen molar-refractivity contribution in [1.82, 2.24) is 5.32 Å². The average molecular weight is 291 g/mol. The number of amides is 1. The van der Waals surface area contributed by atoms with Gasteiger partial charge in [0.05, 0.1) is 0 Å². The average Bonchev–Trinajstić information content (AvgIpc) is 2.33. The summed E-state index contributed by atoms with van der Waals surface area (Å²) in [5, 5.41) is 2.91. The molecule has 0 spiro atoms. The van der Waals surface area contributed by atoms with Crippen LogP contribution in [0.1, 0.15) is 46.0 Å². The fraction of sp³-hybridized carbons (Fsp3) is 0.846. The molecule has 0 bridgehead atoms. The van der Waals surface area contributed by atoms with E-state index in [1.165, 1.54) is 0 Å². The predicted molar refractivity (Wildman–Crippen MR) is 81.9 cm³/mol. The summed E-state index contributed by atoms with van der Waals surface area (Å²) in [7, 11) is 3.40. The van der Waals surface area contributed by atoms with Crippen molar-refractivity contribution >= 4 is 33.3 Å². The highest BCUT2D eigenvalue weighted by atomic mass is 33.1. The smallest absolute Gasteiger partial charge is 0.220 e. The van der Waals surface area contributed by atoms with Crippen LogP contribution in [-0.2, 0) is 9.59 Å². The summed E-state index contributed by atoms with van der Waals surface area (Å²) in [6.07, 6.45) is 6.20. The Bertz CT molecular complexity index is 245. The van der Waals surface area contributed by atoms with E-state index in [-0.39, 0.29) is 11.8 Å². The van der Waals surface area contributed by atoms with E-state index in [9.17, 15) is 9.59 Å². The first-order chi connectivity index (χ1) is 8.57. The first-order valence-corrected chi connectivity index (χ1v) is 9.25. The van der Waals surface area contributed by atoms with Gasteiger partial charge in [0.15, 0.2) is 0 Å². The summed E-state index contributed by atoms with van der Waals surface area (Å²) in [5.74, 6) is 1.50. The van der Waals surface area contributed by atoms with Gasteiger partial charge in [-0.2, -0.15) is 0 Å². The fourth-order valence-corrected chi connectivity index (χ4v) is 2.61. The van der Waals surface area contributed by atoms with Crippen LogP contribution in [-0.4, -0.2) is 30.2 Å². The number of carbonyl (C=O) groups excluding carboxylic acids is 2. The highest BCUT2D eigenvalue weighted by molar-refractivity contribution is 8.76. The van der Waals surface area contributed by atoms with E-state index in [0.717, 1.165) is 31.6 Å². The predicted octanol–water partition coefficient (Wildman–Crippen LogP) is 3.29. The molecule has 0 unspecified atom stereocenters. The fourth-order valence-electron chi connectivity index (χ4n) is 1.42. The van der Waals surface area contributed by atoms with Crippen molar-refractivity contribution in [2.24, 2.45) is 5.92 Å². The number of hydrogen-bond donors (Lipinski definition) is 1. The maximum Gasteiger partial charge on any atom is 0.220 e. The molecule has 0 heterocycles. The number of unbranched alkanes of at least 4 members (excludes halogenated alkanes) is 2. The normalized spacial score (nSPS) is 10.7. The van der Waals surface area contributed by atoms with Crippen molar-refractivity contribution in [3.8, 4) is 0 Å². The van der Waals surface area contributed by atoms with E-state index < -0.39 is 0 Å². The zero-order valence-corrected chi connectivity index (χ0v) is 13.3. The van der Waals surface area contributed by atoms with Crippen LogP contribution in [0.5, 0.6) is 0 Å². The quantitative estimate of drug-likeness (QED) is 0.469. The highest BCUT2D eigenvalue weighted by Crippen LogP contribution is 2.17. The van der Waals surface area contributed by atoms with Gasteiger partial charge >= 0.3 is 0 Å². The number of rotatable bonds is 11. The monoisotopic (exact) mass is 291 g/mol. The van der Waals surface area contributed by atoms with Gasteiger partial charge in [0.1, 0.15) is 5.78 Å². The maximum atomic E-state index is 11.4. The number of hydrogen-bond acceptors (Lipinski definition) is 4. The minimum Gasteiger partial charge on any atom is -0.356 e. The van der Waals surface area contributed by atoms with Crippen LogP contribution in [0.15, 0.2) is 0 Å². The number of Topliss-reactive ketones (excluding diaryl/α,β-unsaturated/α-hetero) is 1. The van der Waals surface area contributed by atoms with Crippen LogP contribution in [0.25, 0.3) is 0 Å². The van der Waals surface area contributed by atoms with Crippen LogP contribution in [0.3, 0.4) is 0 Å². The number of nitrogens with one attached hydrogen (secondary N) is 1. The minimum absolute atomic E-state index is 0.134. The van der Waals surface area contributed by atoms with Crippen molar-refractivity contribution in [2.45, 2.75) is 46.0 Å². The molecule has 3 nitrogen and oxygen atoms in total. The van der Waals surface area contributed by atoms with Gasteiger partial charge in [0, 0.05) is 31.1 Å². The summed E-state index contributed by atoms with van der Waals surface area (Å²) >= 11 is 0. The summed E-state index contributed by atoms with van der Waals surface area (Å²) in [5.41, 5.74) is 0. The zero-order chi connectivity index (χ0) is 13.8. The van der Waals surface area contributed by atoms with Gasteiger partial charge in [-0.15, -0.1) is 0 Å². The Morgan fingerprint density at radius 2 is 1.83 bits per heavy atom. The van der Waals surface area contributed by atoms with Crippen molar-refractivity contribution < 1.29 is 9.59 Å². The lowest BCUT2D eigenvalue weighted by Crippen LogP contribution is -2.24. The first-order valence-electron chi connectivity index (χ1n) is 6.53. The second-order valence-electron chi connectivity index (χ2n) is 4.52. The summed E-state index contributed by atoms with van der Waals surface area (Å²) in [4.78, 5) is 22.7. The third-order valence-electron chi connectivity index (χ3n) is 2.60. The van der Waals surface area contributed by atoms with Crippen LogP contribution in [0, 0.1) is 5.92 Å². The standard InChI is InChI=1S/C13H25NO2S2/c1-11(2)12(15)7-5-4-6-9-14-13(16)8-10-18-17-3/h11H,4-10H2,1-3H3,(H,14,16). The second-order valence-corrected chi connectivity index (χ2v) is 7.20. The molecule has 0 saturated heterocycles. The maximum absolute atomic E-state index is 11.4. The molecular weight excluding hydrogens is 266 g/mol. The van der Waals surface area contributed by atoms with Crippen molar-refractivity contribution in [1.29, 1.82) is 0 Å². The molecule has 1 N–H and O–H groups in total. The molecule has 5 heteroatoms. The third-order valence-corrected chi connectivity index (χ3v) is 4.41. The van der Waals surface area contributed by atoms with Gasteiger partial charge in [-0.1, -0.05) is 41.9 Å². The lowest BCUT2D eigenvalue weighted by molar-refractivity contribution is -0.122. The van der Waals surface area contributed by atoms with Gasteiger partial charge in [0.2, 0.25) is 5.91 Å². The lowest BCUT2D eigenvalue weighted by Gasteiger charge is -2.05. The van der Waals surface area contributed by atoms with Crippen molar-refractivity contribution in [3.05, 3.63) is 0 Å². The Hall–Kier alpha value is -0.160. The van der Waals surface area contributed by atoms with Gasteiger partial charge < -0.3 is 5.32 Å². The Morgan fingerprint density at radius 1 is 1.11 bits per heavy atom. The molecule has 18 heavy (non-hydrogen) atoms. The molecule has 1 amide bonds. The largest absolute Gasteiger partial charge is 0.356 e. The van der Waals surface area contributed by atoms with Gasteiger partial charge in [-0.25, -0.2) is 0 Å². The van der Waals surface area contributed by atoms with E-state index >= 15 is 0 Å². The molecule has 0 rings (SSSR count). The molecule has 0 aliphatic heterocycles. The Labute approximate surface area is 119 Å². The minimum atomic E-state index is 0.134. The van der Waals surface area contributed by atoms with E-state index in [0.29, 0.717) is 18.6 Å². The van der Waals surface area contributed by atoms with Crippen molar-refractivity contribution in [2.75, 3.05) is 18.6 Å². The first kappa shape index (κ1) is 17.8. The summed E-state index contributed by atoms with van der Waals surface area (Å²) < 4.78 is 0. The molecule has 0 saturated carbocycles. The molecule has 106 valence electrons. The van der Waals surface area contributed by atoms with E-state index in [4.69, 9.17) is 0 Å². The SMILES string of the molecule is CSSCCC(=O)NCCCCCC(=O)C(C)C. The molecule has 0 aromatic carbocycles. The third kappa shape index (κ3) is 11.0. The number of ketones is 1. The molecule has 0 aliphatic carbocycles. The van der Waals surface area contributed by atoms with E-state index in [1.54, 1.807) is 21.6 Å². The molecule has 0 aromatic heterocycles. The van der Waals surface area contributed by atoms with Crippen molar-refractivity contribution in [3.63, 3.8) is 0 Å². The van der Waals surface area contributed by atoms with Gasteiger partial charge in [-0.3, -0.25) is 9.59 Å². The second kappa shape index (κ2) is 11.9. The summed E-state index contributed by atoms with van der Waals surface area (Å²) in [6, 6.07) is 0. The lowest BCUT2D eigenvalue weighted by atomic mass is 10.0. The Kier molecular flexibility index (Phi) is 11.8. The zero-order valence-electron chi connectivity index (χ0n) is 11.7. The molecule has 0 radical (unpaired) electrons. The van der Waals surface area contributed by atoms with Gasteiger partial charge in [0.25, 0.3) is 0 Å². The Morgan fingerprint density at radius 3 is 2.44 bits per heavy atom. The molecule has 0 aliphatic rings. The number of carbonyl (C=O) groups is 2. The van der Waals surface area contributed by atoms with E-state index in [2.05, 4.69) is 5.32 Å². The highest BCUT2D eigenvalue weighted by Gasteiger charge is 2.06. The molecular formula is C13H25NO2S2. The molecule has 0 atom stereocenters.